The first-order valence-corrected chi connectivity index (χ1v) is 11.0. The van der Waals surface area contributed by atoms with Crippen LogP contribution in [0.1, 0.15) is 27.1 Å². The number of carbonyl (C=O) groups excluding carboxylic acids is 4. The van der Waals surface area contributed by atoms with Crippen LogP contribution in [0.15, 0.2) is 42.5 Å². The Morgan fingerprint density at radius 1 is 1.03 bits per heavy atom. The molecule has 0 aliphatic carbocycles. The minimum absolute atomic E-state index is 0.109. The fourth-order valence-corrected chi connectivity index (χ4v) is 4.33. The quantitative estimate of drug-likeness (QED) is 0.349. The third-order valence-electron chi connectivity index (χ3n) is 5.54. The number of hydrogen-bond acceptors (Lipinski definition) is 7. The second kappa shape index (κ2) is 10.0. The first-order valence-electron chi connectivity index (χ1n) is 10.3. The summed E-state index contributed by atoms with van der Waals surface area (Å²) in [7, 11) is 0. The van der Waals surface area contributed by atoms with Crippen LogP contribution in [0.4, 0.5) is 5.69 Å². The van der Waals surface area contributed by atoms with Gasteiger partial charge in [0.2, 0.25) is 11.7 Å². The lowest BCUT2D eigenvalue weighted by molar-refractivity contribution is -0.123. The van der Waals surface area contributed by atoms with E-state index in [1.54, 1.807) is 0 Å². The molecule has 0 aromatic heterocycles. The molecular formula is C23H20Cl2N2O6. The summed E-state index contributed by atoms with van der Waals surface area (Å²) < 4.78 is 10.4. The zero-order chi connectivity index (χ0) is 23.5. The van der Waals surface area contributed by atoms with Crippen molar-refractivity contribution in [3.63, 3.8) is 0 Å². The zero-order valence-corrected chi connectivity index (χ0v) is 19.0. The number of amides is 2. The van der Waals surface area contributed by atoms with Crippen molar-refractivity contribution in [3.8, 4) is 0 Å². The Morgan fingerprint density at radius 2 is 1.73 bits per heavy atom. The molecule has 0 saturated carbocycles. The number of Topliss-reactive ketones (excluding diaryl/α,β-unsaturated/α-hetero) is 1. The number of ketones is 1. The number of morpholine rings is 1. The Bertz CT molecular complexity index is 1100. The molecule has 4 rings (SSSR count). The molecule has 1 atom stereocenters. The van der Waals surface area contributed by atoms with Crippen LogP contribution < -0.4 is 4.90 Å². The predicted molar refractivity (Wildman–Crippen MR) is 121 cm³/mol. The molecule has 0 radical (unpaired) electrons. The second-order valence-electron chi connectivity index (χ2n) is 7.61. The lowest BCUT2D eigenvalue weighted by atomic mass is 10.1. The lowest BCUT2D eigenvalue weighted by Crippen LogP contribution is -2.47. The number of carbonyl (C=O) groups is 4. The van der Waals surface area contributed by atoms with Gasteiger partial charge in [-0.2, -0.15) is 0 Å². The molecule has 2 aliphatic heterocycles. The summed E-state index contributed by atoms with van der Waals surface area (Å²) in [6.07, 6.45) is 0.109. The average Bonchev–Trinajstić information content (AvgIpc) is 3.11. The Hall–Kier alpha value is -2.78. The summed E-state index contributed by atoms with van der Waals surface area (Å²) >= 11 is 11.8. The van der Waals surface area contributed by atoms with Crippen molar-refractivity contribution in [1.29, 1.82) is 0 Å². The summed E-state index contributed by atoms with van der Waals surface area (Å²) in [5.41, 5.74) is 0.754. The van der Waals surface area contributed by atoms with Crippen LogP contribution in [0.3, 0.4) is 0 Å². The molecule has 33 heavy (non-hydrogen) atoms. The van der Waals surface area contributed by atoms with Gasteiger partial charge >= 0.3 is 5.97 Å². The maximum absolute atomic E-state index is 12.9. The normalized spacial score (nSPS) is 19.1. The van der Waals surface area contributed by atoms with Gasteiger partial charge < -0.3 is 9.47 Å². The van der Waals surface area contributed by atoms with Crippen molar-refractivity contribution in [2.24, 2.45) is 0 Å². The van der Waals surface area contributed by atoms with Crippen LogP contribution >= 0.6 is 23.2 Å². The average molecular weight is 491 g/mol. The summed E-state index contributed by atoms with van der Waals surface area (Å²) in [5, 5.41) is 0.558. The van der Waals surface area contributed by atoms with E-state index in [-0.39, 0.29) is 34.4 Å². The summed E-state index contributed by atoms with van der Waals surface area (Å²) in [4.78, 5) is 53.1. The van der Waals surface area contributed by atoms with E-state index in [0.717, 1.165) is 4.90 Å². The second-order valence-corrected chi connectivity index (χ2v) is 8.45. The number of benzene rings is 2. The molecule has 2 heterocycles. The molecule has 8 nitrogen and oxygen atoms in total. The van der Waals surface area contributed by atoms with E-state index in [1.807, 2.05) is 4.90 Å². The van der Waals surface area contributed by atoms with Gasteiger partial charge in [-0.3, -0.25) is 19.3 Å². The molecule has 2 aromatic carbocycles. The number of ether oxygens (including phenoxy) is 2. The van der Waals surface area contributed by atoms with Crippen molar-refractivity contribution >= 4 is 52.5 Å². The van der Waals surface area contributed by atoms with Crippen molar-refractivity contribution in [2.75, 3.05) is 37.8 Å². The Labute approximate surface area is 199 Å². The number of nitrogens with zero attached hydrogens (tertiary/aromatic N) is 2. The molecule has 0 bridgehead atoms. The van der Waals surface area contributed by atoms with Crippen LogP contribution in [0, 0.1) is 0 Å². The van der Waals surface area contributed by atoms with Crippen molar-refractivity contribution in [2.45, 2.75) is 12.5 Å². The monoisotopic (exact) mass is 490 g/mol. The largest absolute Gasteiger partial charge is 0.454 e. The summed E-state index contributed by atoms with van der Waals surface area (Å²) in [6.45, 7) is 1.76. The molecule has 1 unspecified atom stereocenters. The number of esters is 1. The van der Waals surface area contributed by atoms with E-state index in [0.29, 0.717) is 37.0 Å². The number of anilines is 1. The molecule has 2 fully saturated rings. The van der Waals surface area contributed by atoms with Gasteiger partial charge in [0, 0.05) is 23.7 Å². The molecule has 10 heteroatoms. The Balaban J connectivity index is 1.38. The first kappa shape index (κ1) is 23.4. The maximum Gasteiger partial charge on any atom is 0.338 e. The minimum atomic E-state index is -0.717. The van der Waals surface area contributed by atoms with Gasteiger partial charge in [-0.05, 0) is 42.5 Å². The smallest absolute Gasteiger partial charge is 0.338 e. The molecule has 0 spiro atoms. The van der Waals surface area contributed by atoms with Crippen LogP contribution in [0.2, 0.25) is 10.0 Å². The fraction of sp³-hybridized carbons (Fsp3) is 0.304. The SMILES string of the molecule is O=C(OCC(=O)c1ccc(Cl)cc1Cl)c1ccc(N2C(=O)CC(N3CCOCC3)C2=O)cc1. The summed E-state index contributed by atoms with van der Waals surface area (Å²) in [5.74, 6) is -1.77. The van der Waals surface area contributed by atoms with E-state index in [4.69, 9.17) is 32.7 Å². The van der Waals surface area contributed by atoms with E-state index in [1.165, 1.54) is 42.5 Å². The van der Waals surface area contributed by atoms with Crippen LogP contribution in [0.5, 0.6) is 0 Å². The third-order valence-corrected chi connectivity index (χ3v) is 6.08. The number of imide groups is 1. The zero-order valence-electron chi connectivity index (χ0n) is 17.5. The molecule has 2 aliphatic rings. The third kappa shape index (κ3) is 5.09. The van der Waals surface area contributed by atoms with E-state index >= 15 is 0 Å². The van der Waals surface area contributed by atoms with E-state index in [2.05, 4.69) is 0 Å². The Morgan fingerprint density at radius 3 is 2.39 bits per heavy atom. The minimum Gasteiger partial charge on any atom is -0.454 e. The summed E-state index contributed by atoms with van der Waals surface area (Å²) in [6, 6.07) is 9.81. The number of halogens is 2. The number of rotatable bonds is 6. The van der Waals surface area contributed by atoms with Crippen molar-refractivity contribution in [1.82, 2.24) is 4.90 Å². The highest BCUT2D eigenvalue weighted by atomic mass is 35.5. The van der Waals surface area contributed by atoms with Gasteiger partial charge in [-0.15, -0.1) is 0 Å². The van der Waals surface area contributed by atoms with Gasteiger partial charge in [0.05, 0.1) is 41.9 Å². The van der Waals surface area contributed by atoms with Crippen molar-refractivity contribution < 1.29 is 28.7 Å². The van der Waals surface area contributed by atoms with Gasteiger partial charge in [-0.25, -0.2) is 9.69 Å². The van der Waals surface area contributed by atoms with Gasteiger partial charge in [0.15, 0.2) is 6.61 Å². The van der Waals surface area contributed by atoms with Crippen molar-refractivity contribution in [3.05, 3.63) is 63.6 Å². The molecular weight excluding hydrogens is 471 g/mol. The predicted octanol–water partition coefficient (Wildman–Crippen LogP) is 3.00. The van der Waals surface area contributed by atoms with Gasteiger partial charge in [0.25, 0.3) is 5.91 Å². The highest BCUT2D eigenvalue weighted by molar-refractivity contribution is 6.36. The highest BCUT2D eigenvalue weighted by Gasteiger charge is 2.43. The molecule has 2 aromatic rings. The molecule has 2 saturated heterocycles. The topological polar surface area (TPSA) is 93.2 Å². The van der Waals surface area contributed by atoms with Crippen LogP contribution in [-0.2, 0) is 19.1 Å². The van der Waals surface area contributed by atoms with E-state index < -0.39 is 24.4 Å². The highest BCUT2D eigenvalue weighted by Crippen LogP contribution is 2.27. The molecule has 2 amide bonds. The fourth-order valence-electron chi connectivity index (χ4n) is 3.82. The van der Waals surface area contributed by atoms with Gasteiger partial charge in [-0.1, -0.05) is 23.2 Å². The molecule has 0 N–H and O–H groups in total. The maximum atomic E-state index is 12.9. The number of hydrogen-bond donors (Lipinski definition) is 0. The Kier molecular flexibility index (Phi) is 7.09. The van der Waals surface area contributed by atoms with Crippen LogP contribution in [0.25, 0.3) is 0 Å². The molecule has 172 valence electrons. The standard InChI is InChI=1S/C23H20Cl2N2O6/c24-15-3-6-17(18(25)11-15)20(28)13-33-23(31)14-1-4-16(5-2-14)27-21(29)12-19(22(27)30)26-7-9-32-10-8-26/h1-6,11,19H,7-10,12-13H2. The van der Waals surface area contributed by atoms with Gasteiger partial charge in [0.1, 0.15) is 0 Å². The first-order chi connectivity index (χ1) is 15.8. The van der Waals surface area contributed by atoms with Crippen LogP contribution in [-0.4, -0.2) is 67.4 Å². The van der Waals surface area contributed by atoms with E-state index in [9.17, 15) is 19.2 Å². The lowest BCUT2D eigenvalue weighted by Gasteiger charge is -2.30.